The molecule has 30 heavy (non-hydrogen) atoms. The Bertz CT molecular complexity index is 946. The number of halogens is 4. The Morgan fingerprint density at radius 3 is 2.67 bits per heavy atom. The van der Waals surface area contributed by atoms with Crippen LogP contribution in [-0.4, -0.2) is 41.9 Å². The van der Waals surface area contributed by atoms with Gasteiger partial charge < -0.3 is 19.4 Å². The number of para-hydroxylation sites is 1. The molecule has 1 fully saturated rings. The van der Waals surface area contributed by atoms with Gasteiger partial charge in [0.15, 0.2) is 12.4 Å². The van der Waals surface area contributed by atoms with Crippen LogP contribution in [0.15, 0.2) is 41.0 Å². The SMILES string of the molecule is O=C(COC(=O)[C@@H]1CCCN1C(=O)c1ccco1)Nc1c(Cl)cccc1C(F)(F)F. The smallest absolute Gasteiger partial charge is 0.418 e. The molecule has 1 N–H and O–H groups in total. The van der Waals surface area contributed by atoms with Gasteiger partial charge in [-0.1, -0.05) is 17.7 Å². The molecular formula is C19H16ClF3N2O5. The maximum atomic E-state index is 13.1. The van der Waals surface area contributed by atoms with Crippen molar-refractivity contribution in [2.75, 3.05) is 18.5 Å². The average molecular weight is 445 g/mol. The van der Waals surface area contributed by atoms with E-state index in [1.165, 1.54) is 29.4 Å². The summed E-state index contributed by atoms with van der Waals surface area (Å²) >= 11 is 5.77. The summed E-state index contributed by atoms with van der Waals surface area (Å²) in [7, 11) is 0. The van der Waals surface area contributed by atoms with E-state index in [1.54, 1.807) is 0 Å². The molecule has 1 saturated heterocycles. The summed E-state index contributed by atoms with van der Waals surface area (Å²) in [5, 5.41) is 1.71. The van der Waals surface area contributed by atoms with Crippen molar-refractivity contribution in [2.24, 2.45) is 0 Å². The van der Waals surface area contributed by atoms with Gasteiger partial charge in [0.05, 0.1) is 22.5 Å². The van der Waals surface area contributed by atoms with Crippen LogP contribution >= 0.6 is 11.6 Å². The number of carbonyl (C=O) groups is 3. The molecule has 0 spiro atoms. The number of ether oxygens (including phenoxy) is 1. The standard InChI is InChI=1S/C19H16ClF3N2O5/c20-12-5-1-4-11(19(21,22)23)16(12)24-15(26)10-30-18(28)13-6-2-8-25(13)17(27)14-7-3-9-29-14/h1,3-5,7,9,13H,2,6,8,10H2,(H,24,26)/t13-/m0/s1. The molecule has 0 saturated carbocycles. The first kappa shape index (κ1) is 21.7. The third kappa shape index (κ3) is 4.76. The zero-order chi connectivity index (χ0) is 21.9. The number of hydrogen-bond acceptors (Lipinski definition) is 5. The monoisotopic (exact) mass is 444 g/mol. The number of amides is 2. The fourth-order valence-corrected chi connectivity index (χ4v) is 3.31. The highest BCUT2D eigenvalue weighted by Gasteiger charge is 2.37. The second-order valence-electron chi connectivity index (χ2n) is 6.45. The maximum absolute atomic E-state index is 13.1. The lowest BCUT2D eigenvalue weighted by molar-refractivity contribution is -0.151. The molecule has 160 valence electrons. The molecule has 0 aliphatic carbocycles. The topological polar surface area (TPSA) is 88.9 Å². The summed E-state index contributed by atoms with van der Waals surface area (Å²) in [6, 6.07) is 5.13. The van der Waals surface area contributed by atoms with E-state index in [0.29, 0.717) is 19.4 Å². The van der Waals surface area contributed by atoms with Crippen molar-refractivity contribution in [3.63, 3.8) is 0 Å². The summed E-state index contributed by atoms with van der Waals surface area (Å²) in [4.78, 5) is 38.1. The van der Waals surface area contributed by atoms with Gasteiger partial charge in [0.1, 0.15) is 6.04 Å². The summed E-state index contributed by atoms with van der Waals surface area (Å²) < 4.78 is 49.2. The van der Waals surface area contributed by atoms with Gasteiger partial charge in [-0.3, -0.25) is 9.59 Å². The molecule has 0 unspecified atom stereocenters. The predicted octanol–water partition coefficient (Wildman–Crippen LogP) is 3.74. The summed E-state index contributed by atoms with van der Waals surface area (Å²) in [5.41, 5.74) is -1.75. The zero-order valence-corrected chi connectivity index (χ0v) is 16.1. The van der Waals surface area contributed by atoms with Crippen molar-refractivity contribution >= 4 is 35.1 Å². The Kier molecular flexibility index (Phi) is 6.35. The van der Waals surface area contributed by atoms with E-state index in [2.05, 4.69) is 0 Å². The zero-order valence-electron chi connectivity index (χ0n) is 15.4. The molecule has 2 amide bonds. The number of alkyl halides is 3. The fourth-order valence-electron chi connectivity index (χ4n) is 3.09. The van der Waals surface area contributed by atoms with Crippen LogP contribution < -0.4 is 5.32 Å². The molecule has 1 atom stereocenters. The van der Waals surface area contributed by atoms with E-state index >= 15 is 0 Å². The number of likely N-dealkylation sites (tertiary alicyclic amines) is 1. The Hall–Kier alpha value is -3.01. The number of furan rings is 1. The number of nitrogens with one attached hydrogen (secondary N) is 1. The Balaban J connectivity index is 1.61. The van der Waals surface area contributed by atoms with E-state index in [1.807, 2.05) is 5.32 Å². The quantitative estimate of drug-likeness (QED) is 0.710. The Morgan fingerprint density at radius 2 is 2.00 bits per heavy atom. The van der Waals surface area contributed by atoms with Gasteiger partial charge in [-0.05, 0) is 37.1 Å². The molecule has 0 bridgehead atoms. The highest BCUT2D eigenvalue weighted by atomic mass is 35.5. The van der Waals surface area contributed by atoms with Crippen LogP contribution in [0.25, 0.3) is 0 Å². The number of nitrogens with zero attached hydrogens (tertiary/aromatic N) is 1. The molecule has 1 aliphatic rings. The van der Waals surface area contributed by atoms with E-state index < -0.39 is 47.9 Å². The first-order valence-corrected chi connectivity index (χ1v) is 9.23. The van der Waals surface area contributed by atoms with Gasteiger partial charge in [-0.25, -0.2) is 4.79 Å². The Labute approximate surface area is 173 Å². The average Bonchev–Trinajstić information content (AvgIpc) is 3.38. The highest BCUT2D eigenvalue weighted by molar-refractivity contribution is 6.34. The number of benzene rings is 1. The predicted molar refractivity (Wildman–Crippen MR) is 98.8 cm³/mol. The minimum absolute atomic E-state index is 0.0610. The van der Waals surface area contributed by atoms with Crippen LogP contribution in [0, 0.1) is 0 Å². The van der Waals surface area contributed by atoms with Crippen molar-refractivity contribution < 1.29 is 36.7 Å². The first-order chi connectivity index (χ1) is 14.2. The first-order valence-electron chi connectivity index (χ1n) is 8.85. The minimum atomic E-state index is -4.74. The number of carbonyl (C=O) groups excluding carboxylic acids is 3. The van der Waals surface area contributed by atoms with E-state index in [9.17, 15) is 27.6 Å². The third-order valence-electron chi connectivity index (χ3n) is 4.45. The molecule has 0 radical (unpaired) electrons. The van der Waals surface area contributed by atoms with Gasteiger partial charge in [-0.15, -0.1) is 0 Å². The lowest BCUT2D eigenvalue weighted by Crippen LogP contribution is -2.42. The number of esters is 1. The van der Waals surface area contributed by atoms with Crippen molar-refractivity contribution in [3.05, 3.63) is 52.9 Å². The van der Waals surface area contributed by atoms with Gasteiger partial charge in [-0.2, -0.15) is 13.2 Å². The lowest BCUT2D eigenvalue weighted by Gasteiger charge is -2.22. The molecule has 11 heteroatoms. The molecule has 2 aromatic rings. The van der Waals surface area contributed by atoms with Crippen molar-refractivity contribution in [2.45, 2.75) is 25.1 Å². The van der Waals surface area contributed by atoms with Gasteiger partial charge in [0.25, 0.3) is 11.8 Å². The molecule has 1 aromatic heterocycles. The van der Waals surface area contributed by atoms with Crippen LogP contribution in [0.2, 0.25) is 5.02 Å². The van der Waals surface area contributed by atoms with Crippen LogP contribution in [0.5, 0.6) is 0 Å². The van der Waals surface area contributed by atoms with Crippen molar-refractivity contribution in [3.8, 4) is 0 Å². The minimum Gasteiger partial charge on any atom is -0.459 e. The van der Waals surface area contributed by atoms with Crippen LogP contribution in [-0.2, 0) is 20.5 Å². The summed E-state index contributed by atoms with van der Waals surface area (Å²) in [6.45, 7) is -0.527. The molecule has 1 aliphatic heterocycles. The van der Waals surface area contributed by atoms with E-state index in [-0.39, 0.29) is 10.8 Å². The third-order valence-corrected chi connectivity index (χ3v) is 4.76. The van der Waals surface area contributed by atoms with Gasteiger partial charge >= 0.3 is 12.1 Å². The normalized spacial score (nSPS) is 16.4. The fraction of sp³-hybridized carbons (Fsp3) is 0.316. The van der Waals surface area contributed by atoms with Crippen molar-refractivity contribution in [1.82, 2.24) is 4.90 Å². The van der Waals surface area contributed by atoms with Gasteiger partial charge in [0.2, 0.25) is 0 Å². The lowest BCUT2D eigenvalue weighted by atomic mass is 10.1. The Morgan fingerprint density at radius 1 is 1.23 bits per heavy atom. The maximum Gasteiger partial charge on any atom is 0.418 e. The number of hydrogen-bond donors (Lipinski definition) is 1. The molecule has 2 heterocycles. The largest absolute Gasteiger partial charge is 0.459 e. The highest BCUT2D eigenvalue weighted by Crippen LogP contribution is 2.38. The van der Waals surface area contributed by atoms with E-state index in [4.69, 9.17) is 20.8 Å². The van der Waals surface area contributed by atoms with Crippen LogP contribution in [0.3, 0.4) is 0 Å². The van der Waals surface area contributed by atoms with Crippen molar-refractivity contribution in [1.29, 1.82) is 0 Å². The molecule has 3 rings (SSSR count). The van der Waals surface area contributed by atoms with E-state index in [0.717, 1.165) is 12.1 Å². The van der Waals surface area contributed by atoms with Crippen LogP contribution in [0.1, 0.15) is 29.0 Å². The molecule has 7 nitrogen and oxygen atoms in total. The summed E-state index contributed by atoms with van der Waals surface area (Å²) in [5.74, 6) is -2.26. The molecule has 1 aromatic carbocycles. The second kappa shape index (κ2) is 8.78. The number of anilines is 1. The number of rotatable bonds is 5. The molecular weight excluding hydrogens is 429 g/mol. The summed E-state index contributed by atoms with van der Waals surface area (Å²) in [6.07, 6.45) is -2.53. The van der Waals surface area contributed by atoms with Crippen LogP contribution in [0.4, 0.5) is 18.9 Å². The second-order valence-corrected chi connectivity index (χ2v) is 6.86. The van der Waals surface area contributed by atoms with Gasteiger partial charge in [0, 0.05) is 6.54 Å².